The zero-order valence-corrected chi connectivity index (χ0v) is 16.6. The van der Waals surface area contributed by atoms with Crippen molar-refractivity contribution in [3.05, 3.63) is 42.5 Å². The van der Waals surface area contributed by atoms with Gasteiger partial charge in [0.2, 0.25) is 0 Å². The monoisotopic (exact) mass is 384 g/mol. The molecule has 1 saturated heterocycles. The predicted octanol–water partition coefficient (Wildman–Crippen LogP) is 2.97. The third-order valence-corrected chi connectivity index (χ3v) is 4.85. The molecule has 0 amide bonds. The third kappa shape index (κ3) is 5.00. The first-order valence-electron chi connectivity index (χ1n) is 9.30. The maximum Gasteiger partial charge on any atom is 0.193 e. The summed E-state index contributed by atoms with van der Waals surface area (Å²) in [5, 5.41) is 3.11. The lowest BCUT2D eigenvalue weighted by molar-refractivity contribution is 0.394. The molecule has 0 spiro atoms. The Balaban J connectivity index is 1.57. The first-order chi connectivity index (χ1) is 13.6. The number of benzene rings is 2. The Morgan fingerprint density at radius 2 is 1.79 bits per heavy atom. The molecule has 0 aliphatic carbocycles. The topological polar surface area (TPSA) is 81.3 Å². The highest BCUT2D eigenvalue weighted by atomic mass is 16.5. The van der Waals surface area contributed by atoms with Crippen LogP contribution in [0.15, 0.2) is 47.5 Å². The highest BCUT2D eigenvalue weighted by Gasteiger charge is 2.23. The summed E-state index contributed by atoms with van der Waals surface area (Å²) in [5.41, 5.74) is 8.01. The number of methoxy groups -OCH3 is 3. The maximum atomic E-state index is 6.05. The minimum atomic E-state index is 0.412. The van der Waals surface area contributed by atoms with E-state index in [1.165, 1.54) is 0 Å². The SMILES string of the molecule is COc1cccc(NC(N)=NCC2CCN(c3cc(OC)cc(OC)c3)C2)c1. The average Bonchev–Trinajstić information content (AvgIpc) is 3.21. The summed E-state index contributed by atoms with van der Waals surface area (Å²) < 4.78 is 16.0. The second-order valence-corrected chi connectivity index (χ2v) is 6.75. The van der Waals surface area contributed by atoms with Gasteiger partial charge >= 0.3 is 0 Å². The molecule has 0 aromatic heterocycles. The molecule has 3 N–H and O–H groups in total. The lowest BCUT2D eigenvalue weighted by Crippen LogP contribution is -2.25. The minimum absolute atomic E-state index is 0.412. The second-order valence-electron chi connectivity index (χ2n) is 6.75. The number of guanidine groups is 1. The summed E-state index contributed by atoms with van der Waals surface area (Å²) in [4.78, 5) is 6.85. The molecular formula is C21H28N4O3. The van der Waals surface area contributed by atoms with E-state index >= 15 is 0 Å². The quantitative estimate of drug-likeness (QED) is 0.564. The summed E-state index contributed by atoms with van der Waals surface area (Å²) in [5.74, 6) is 3.22. The summed E-state index contributed by atoms with van der Waals surface area (Å²) in [7, 11) is 4.97. The predicted molar refractivity (Wildman–Crippen MR) is 113 cm³/mol. The van der Waals surface area contributed by atoms with E-state index < -0.39 is 0 Å². The number of aliphatic imine (C=N–C) groups is 1. The van der Waals surface area contributed by atoms with Crippen LogP contribution in [0.25, 0.3) is 0 Å². The Morgan fingerprint density at radius 3 is 2.46 bits per heavy atom. The fourth-order valence-corrected chi connectivity index (χ4v) is 3.31. The van der Waals surface area contributed by atoms with E-state index in [1.807, 2.05) is 42.5 Å². The molecule has 0 bridgehead atoms. The van der Waals surface area contributed by atoms with Gasteiger partial charge in [-0.2, -0.15) is 0 Å². The highest BCUT2D eigenvalue weighted by Crippen LogP contribution is 2.31. The molecule has 1 unspecified atom stereocenters. The molecule has 0 saturated carbocycles. The fraction of sp³-hybridized carbons (Fsp3) is 0.381. The van der Waals surface area contributed by atoms with Gasteiger partial charge < -0.3 is 30.2 Å². The molecule has 1 aliphatic heterocycles. The van der Waals surface area contributed by atoms with E-state index in [0.717, 1.165) is 48.1 Å². The summed E-state index contributed by atoms with van der Waals surface area (Å²) >= 11 is 0. The average molecular weight is 384 g/mol. The fourth-order valence-electron chi connectivity index (χ4n) is 3.31. The van der Waals surface area contributed by atoms with Gasteiger partial charge in [0, 0.05) is 55.3 Å². The number of ether oxygens (including phenoxy) is 3. The third-order valence-electron chi connectivity index (χ3n) is 4.85. The smallest absolute Gasteiger partial charge is 0.193 e. The van der Waals surface area contributed by atoms with Crippen molar-refractivity contribution in [3.8, 4) is 17.2 Å². The van der Waals surface area contributed by atoms with Gasteiger partial charge in [-0.3, -0.25) is 4.99 Å². The molecule has 1 atom stereocenters. The molecule has 1 aliphatic rings. The van der Waals surface area contributed by atoms with Gasteiger partial charge in [-0.15, -0.1) is 0 Å². The van der Waals surface area contributed by atoms with Crippen LogP contribution in [0.3, 0.4) is 0 Å². The van der Waals surface area contributed by atoms with Gasteiger partial charge in [0.25, 0.3) is 0 Å². The molecule has 28 heavy (non-hydrogen) atoms. The number of hydrogen-bond acceptors (Lipinski definition) is 5. The molecule has 7 nitrogen and oxygen atoms in total. The number of anilines is 2. The van der Waals surface area contributed by atoms with Crippen LogP contribution in [0.1, 0.15) is 6.42 Å². The Labute approximate surface area is 166 Å². The van der Waals surface area contributed by atoms with Gasteiger partial charge in [-0.25, -0.2) is 0 Å². The summed E-state index contributed by atoms with van der Waals surface area (Å²) in [6, 6.07) is 13.6. The van der Waals surface area contributed by atoms with Crippen LogP contribution in [-0.4, -0.2) is 46.9 Å². The number of rotatable bonds is 7. The Hall–Kier alpha value is -3.09. The lowest BCUT2D eigenvalue weighted by atomic mass is 10.1. The molecule has 150 valence electrons. The van der Waals surface area contributed by atoms with Gasteiger partial charge in [-0.05, 0) is 24.5 Å². The van der Waals surface area contributed by atoms with Gasteiger partial charge in [0.05, 0.1) is 21.3 Å². The molecular weight excluding hydrogens is 356 g/mol. The van der Waals surface area contributed by atoms with Gasteiger partial charge in [0.1, 0.15) is 17.2 Å². The van der Waals surface area contributed by atoms with Crippen LogP contribution in [0.2, 0.25) is 0 Å². The molecule has 1 fully saturated rings. The largest absolute Gasteiger partial charge is 0.497 e. The number of nitrogens with zero attached hydrogens (tertiary/aromatic N) is 2. The standard InChI is InChI=1S/C21H28N4O3/c1-26-18-6-4-5-16(9-18)24-21(22)23-13-15-7-8-25(14-15)17-10-19(27-2)12-20(11-17)28-3/h4-6,9-12,15H,7-8,13-14H2,1-3H3,(H3,22,23,24). The number of nitrogens with two attached hydrogens (primary N) is 1. The van der Waals surface area contributed by atoms with Crippen molar-refractivity contribution in [3.63, 3.8) is 0 Å². The van der Waals surface area contributed by atoms with Crippen molar-refractivity contribution in [2.75, 3.05) is 51.2 Å². The van der Waals surface area contributed by atoms with E-state index in [1.54, 1.807) is 21.3 Å². The van der Waals surface area contributed by atoms with Gasteiger partial charge in [-0.1, -0.05) is 6.07 Å². The van der Waals surface area contributed by atoms with Gasteiger partial charge in [0.15, 0.2) is 5.96 Å². The van der Waals surface area contributed by atoms with Crippen LogP contribution < -0.4 is 30.2 Å². The van der Waals surface area contributed by atoms with Crippen molar-refractivity contribution >= 4 is 17.3 Å². The van der Waals surface area contributed by atoms with Crippen molar-refractivity contribution in [2.45, 2.75) is 6.42 Å². The van der Waals surface area contributed by atoms with Crippen LogP contribution in [0, 0.1) is 5.92 Å². The van der Waals surface area contributed by atoms with E-state index in [4.69, 9.17) is 19.9 Å². The Kier molecular flexibility index (Phi) is 6.47. The van der Waals surface area contributed by atoms with Crippen LogP contribution >= 0.6 is 0 Å². The molecule has 7 heteroatoms. The summed E-state index contributed by atoms with van der Waals surface area (Å²) in [6.45, 7) is 2.58. The number of nitrogens with one attached hydrogen (secondary N) is 1. The second kappa shape index (κ2) is 9.21. The Bertz CT molecular complexity index is 803. The first-order valence-corrected chi connectivity index (χ1v) is 9.30. The normalized spacial score (nSPS) is 16.8. The van der Waals surface area contributed by atoms with E-state index in [-0.39, 0.29) is 0 Å². The van der Waals surface area contributed by atoms with Crippen molar-refractivity contribution in [1.29, 1.82) is 0 Å². The van der Waals surface area contributed by atoms with Crippen molar-refractivity contribution in [1.82, 2.24) is 0 Å². The zero-order chi connectivity index (χ0) is 19.9. The van der Waals surface area contributed by atoms with Crippen LogP contribution in [-0.2, 0) is 0 Å². The summed E-state index contributed by atoms with van der Waals surface area (Å²) in [6.07, 6.45) is 1.06. The van der Waals surface area contributed by atoms with Crippen LogP contribution in [0.5, 0.6) is 17.2 Å². The minimum Gasteiger partial charge on any atom is -0.497 e. The van der Waals surface area contributed by atoms with E-state index in [2.05, 4.69) is 15.2 Å². The molecule has 3 rings (SSSR count). The first kappa shape index (κ1) is 19.7. The molecule has 2 aromatic rings. The lowest BCUT2D eigenvalue weighted by Gasteiger charge is -2.20. The van der Waals surface area contributed by atoms with Crippen molar-refractivity contribution in [2.24, 2.45) is 16.6 Å². The zero-order valence-electron chi connectivity index (χ0n) is 16.6. The molecule has 0 radical (unpaired) electrons. The van der Waals surface area contributed by atoms with Crippen LogP contribution in [0.4, 0.5) is 11.4 Å². The Morgan fingerprint density at radius 1 is 1.07 bits per heavy atom. The van der Waals surface area contributed by atoms with Crippen molar-refractivity contribution < 1.29 is 14.2 Å². The maximum absolute atomic E-state index is 6.05. The molecule has 1 heterocycles. The van der Waals surface area contributed by atoms with E-state index in [0.29, 0.717) is 18.4 Å². The number of hydrogen-bond donors (Lipinski definition) is 2. The van der Waals surface area contributed by atoms with E-state index in [9.17, 15) is 0 Å². The molecule has 2 aromatic carbocycles. The highest BCUT2D eigenvalue weighted by molar-refractivity contribution is 5.92.